The normalized spacial score (nSPS) is 20.9. The van der Waals surface area contributed by atoms with Gasteiger partial charge < -0.3 is 26.8 Å². The Morgan fingerprint density at radius 2 is 1.95 bits per heavy atom. The number of anilines is 2. The van der Waals surface area contributed by atoms with E-state index in [2.05, 4.69) is 21.5 Å². The van der Waals surface area contributed by atoms with Gasteiger partial charge in [0.25, 0.3) is 17.4 Å². The van der Waals surface area contributed by atoms with Crippen molar-refractivity contribution in [2.45, 2.75) is 31.2 Å². The average Bonchev–Trinajstić information content (AvgIpc) is 3.16. The fraction of sp³-hybridized carbons (Fsp3) is 0.222. The third-order valence-corrected chi connectivity index (χ3v) is 8.48. The second-order valence-corrected chi connectivity index (χ2v) is 11.9. The number of aromatic nitrogens is 1. The molecule has 2 heterocycles. The highest BCUT2D eigenvalue weighted by molar-refractivity contribution is 8.03. The average molecular weight is 518 g/mol. The number of aromatic amines is 1. The number of H-pyrrole nitrogens is 1. The maximum Gasteiger partial charge on any atom is 0.261 e. The topological polar surface area (TPSA) is 158 Å². The van der Waals surface area contributed by atoms with Crippen molar-refractivity contribution >= 4 is 55.7 Å². The van der Waals surface area contributed by atoms with Crippen LogP contribution >= 0.6 is 0 Å². The summed E-state index contributed by atoms with van der Waals surface area (Å²) in [5.41, 5.74) is 8.07. The summed E-state index contributed by atoms with van der Waals surface area (Å²) in [6.45, 7) is 0. The fourth-order valence-corrected chi connectivity index (χ4v) is 6.11. The van der Waals surface area contributed by atoms with E-state index in [1.807, 2.05) is 6.07 Å². The number of nitrogen functional groups attached to an aromatic ring is 1. The van der Waals surface area contributed by atoms with Crippen LogP contribution in [-0.2, 0) is 9.52 Å². The number of fused-ring (bicyclic) bond motifs is 1. The lowest BCUT2D eigenvalue weighted by Gasteiger charge is -2.28. The van der Waals surface area contributed by atoms with Gasteiger partial charge in [-0.15, -0.1) is 0 Å². The monoisotopic (exact) mass is 517 g/mol. The third-order valence-electron chi connectivity index (χ3n) is 6.91. The molecular weight excluding hydrogens is 490 g/mol. The third kappa shape index (κ3) is 4.79. The Morgan fingerprint density at radius 1 is 1.16 bits per heavy atom. The molecule has 37 heavy (non-hydrogen) atoms. The molecular formula is C27H27N5O4S. The van der Waals surface area contributed by atoms with E-state index >= 15 is 0 Å². The zero-order chi connectivity index (χ0) is 26.3. The van der Waals surface area contributed by atoms with E-state index in [1.165, 1.54) is 11.5 Å². The van der Waals surface area contributed by atoms with Gasteiger partial charge in [-0.3, -0.25) is 18.6 Å². The maximum absolute atomic E-state index is 13.6. The molecule has 1 aliphatic carbocycles. The van der Waals surface area contributed by atoms with Crippen LogP contribution < -0.4 is 21.9 Å². The van der Waals surface area contributed by atoms with Crippen molar-refractivity contribution in [3.8, 4) is 0 Å². The summed E-state index contributed by atoms with van der Waals surface area (Å²) in [4.78, 5) is 42.2. The summed E-state index contributed by atoms with van der Waals surface area (Å²) in [5, 5.41) is 15.1. The minimum Gasteiger partial charge on any atom is -0.398 e. The van der Waals surface area contributed by atoms with Crippen LogP contribution in [0.4, 0.5) is 11.4 Å². The van der Waals surface area contributed by atoms with Gasteiger partial charge in [-0.05, 0) is 74.8 Å². The van der Waals surface area contributed by atoms with E-state index < -0.39 is 32.9 Å². The summed E-state index contributed by atoms with van der Waals surface area (Å²) in [7, 11) is -2.37. The Kier molecular flexibility index (Phi) is 6.20. The summed E-state index contributed by atoms with van der Waals surface area (Å²) in [5.74, 6) is 3.02. The number of pyridine rings is 1. The molecule has 1 unspecified atom stereocenters. The van der Waals surface area contributed by atoms with Crippen LogP contribution in [0, 0.1) is 5.41 Å². The van der Waals surface area contributed by atoms with E-state index in [0.29, 0.717) is 33.4 Å². The molecule has 5 rings (SSSR count). The predicted molar refractivity (Wildman–Crippen MR) is 148 cm³/mol. The first-order chi connectivity index (χ1) is 17.6. The molecule has 2 atom stereocenters. The van der Waals surface area contributed by atoms with Gasteiger partial charge in [-0.25, -0.2) is 0 Å². The minimum atomic E-state index is -2.37. The predicted octanol–water partition coefficient (Wildman–Crippen LogP) is 2.97. The van der Waals surface area contributed by atoms with Gasteiger partial charge in [0.2, 0.25) is 0 Å². The quantitative estimate of drug-likeness (QED) is 0.193. The van der Waals surface area contributed by atoms with Crippen molar-refractivity contribution in [1.82, 2.24) is 10.3 Å². The Balaban J connectivity index is 1.53. The van der Waals surface area contributed by atoms with E-state index in [-0.39, 0.29) is 17.2 Å². The van der Waals surface area contributed by atoms with Crippen LogP contribution in [0.15, 0.2) is 52.7 Å². The number of rotatable bonds is 6. The molecule has 1 saturated carbocycles. The Hall–Kier alpha value is -4.18. The van der Waals surface area contributed by atoms with Gasteiger partial charge in [0.05, 0.1) is 17.1 Å². The molecule has 0 spiro atoms. The number of benzene rings is 2. The molecule has 2 amide bonds. The van der Waals surface area contributed by atoms with E-state index in [0.717, 1.165) is 31.0 Å². The first-order valence-corrected chi connectivity index (χ1v) is 13.9. The first-order valence-electron chi connectivity index (χ1n) is 11.9. The van der Waals surface area contributed by atoms with Gasteiger partial charge >= 0.3 is 0 Å². The van der Waals surface area contributed by atoms with Crippen molar-refractivity contribution < 1.29 is 13.8 Å². The number of amides is 2. The van der Waals surface area contributed by atoms with Crippen LogP contribution in [0.1, 0.15) is 57.0 Å². The van der Waals surface area contributed by atoms with Gasteiger partial charge in [-0.1, -0.05) is 24.6 Å². The van der Waals surface area contributed by atoms with Crippen LogP contribution in [0.3, 0.4) is 0 Å². The number of hydrogen-bond acceptors (Lipinski definition) is 6. The van der Waals surface area contributed by atoms with E-state index in [4.69, 9.17) is 11.1 Å². The molecule has 190 valence electrons. The van der Waals surface area contributed by atoms with Crippen molar-refractivity contribution in [2.24, 2.45) is 0 Å². The van der Waals surface area contributed by atoms with Crippen LogP contribution in [-0.4, -0.2) is 44.9 Å². The van der Waals surface area contributed by atoms with Crippen molar-refractivity contribution in [3.63, 3.8) is 0 Å². The number of carbonyl (C=O) groups excluding carboxylic acids is 2. The van der Waals surface area contributed by atoms with Crippen molar-refractivity contribution in [3.05, 3.63) is 80.5 Å². The van der Waals surface area contributed by atoms with E-state index in [9.17, 15) is 18.6 Å². The second kappa shape index (κ2) is 9.36. The Morgan fingerprint density at radius 3 is 2.59 bits per heavy atom. The molecule has 1 aliphatic heterocycles. The minimum absolute atomic E-state index is 0.0970. The first kappa shape index (κ1) is 24.5. The van der Waals surface area contributed by atoms with Crippen LogP contribution in [0.5, 0.6) is 0 Å². The van der Waals surface area contributed by atoms with Gasteiger partial charge in [0, 0.05) is 28.9 Å². The molecule has 1 fully saturated rings. The smallest absolute Gasteiger partial charge is 0.261 e. The Bertz CT molecular complexity index is 1650. The number of nitrogens with two attached hydrogens (primary N) is 1. The van der Waals surface area contributed by atoms with Crippen molar-refractivity contribution in [2.75, 3.05) is 16.8 Å². The molecule has 10 heteroatoms. The molecule has 3 aromatic rings. The molecule has 2 aromatic carbocycles. The van der Waals surface area contributed by atoms with Crippen LogP contribution in [0.2, 0.25) is 0 Å². The molecule has 2 aliphatic rings. The standard InChI is InChI=1S/C27H27N5O4S/c1-37(36)10-9-19(14-37)31-25(33)21-12-16-5-7-20(15-3-2-4-15)23(24(16)32-26(21)34)27(35)30-18-6-8-22(29)17(11-18)13-28/h5-13,15,19,28H,1-4,14,29H2,(H,30,35)(H,31,33)(H,32,34)/t19-,37?/m1/s1. The zero-order valence-corrected chi connectivity index (χ0v) is 20.8. The number of carbonyl (C=O) groups is 2. The maximum atomic E-state index is 13.6. The molecule has 9 nitrogen and oxygen atoms in total. The Labute approximate surface area is 213 Å². The summed E-state index contributed by atoms with van der Waals surface area (Å²) >= 11 is 0. The molecule has 0 bridgehead atoms. The molecule has 0 saturated heterocycles. The molecule has 6 N–H and O–H groups in total. The van der Waals surface area contributed by atoms with Crippen LogP contribution in [0.25, 0.3) is 10.9 Å². The highest BCUT2D eigenvalue weighted by atomic mass is 32.2. The lowest BCUT2D eigenvalue weighted by Crippen LogP contribution is -2.38. The summed E-state index contributed by atoms with van der Waals surface area (Å²) < 4.78 is 12.1. The number of hydrogen-bond donors (Lipinski definition) is 5. The highest BCUT2D eigenvalue weighted by Gasteiger charge is 2.28. The summed E-state index contributed by atoms with van der Waals surface area (Å²) in [6.07, 6.45) is 5.69. The van der Waals surface area contributed by atoms with Gasteiger partial charge in [0.15, 0.2) is 0 Å². The summed E-state index contributed by atoms with van der Waals surface area (Å²) in [6, 6.07) is 9.57. The highest BCUT2D eigenvalue weighted by Crippen LogP contribution is 2.40. The van der Waals surface area contributed by atoms with Gasteiger partial charge in [0.1, 0.15) is 5.56 Å². The SMILES string of the molecule is C=S1(=O)C=C[C@@H](NC(=O)c2cc3ccc(C4CCC4)c(C(=O)Nc4ccc(N)c(C=N)c4)c3[nH]c2=O)C1. The van der Waals surface area contributed by atoms with E-state index in [1.54, 1.807) is 30.3 Å². The lowest BCUT2D eigenvalue weighted by atomic mass is 9.77. The molecule has 1 aromatic heterocycles. The van der Waals surface area contributed by atoms with Crippen molar-refractivity contribution in [1.29, 1.82) is 5.41 Å². The molecule has 0 radical (unpaired) electrons. The number of nitrogens with one attached hydrogen (secondary N) is 4. The fourth-order valence-electron chi connectivity index (χ4n) is 4.72. The zero-order valence-electron chi connectivity index (χ0n) is 20.0. The second-order valence-electron chi connectivity index (χ2n) is 9.52. The lowest BCUT2D eigenvalue weighted by molar-refractivity contribution is 0.0945. The largest absolute Gasteiger partial charge is 0.398 e. The van der Waals surface area contributed by atoms with Gasteiger partial charge in [-0.2, -0.15) is 0 Å².